The van der Waals surface area contributed by atoms with Gasteiger partial charge in [0.05, 0.1) is 6.61 Å². The van der Waals surface area contributed by atoms with Crippen molar-refractivity contribution in [1.82, 2.24) is 15.2 Å². The van der Waals surface area contributed by atoms with Crippen molar-refractivity contribution in [3.8, 4) is 0 Å². The number of fused-ring (bicyclic) bond motifs is 1. The molecule has 0 fully saturated rings. The van der Waals surface area contributed by atoms with Crippen molar-refractivity contribution in [3.63, 3.8) is 0 Å². The van der Waals surface area contributed by atoms with Crippen LogP contribution in [0.15, 0.2) is 42.5 Å². The standard InChI is InChI=1S/C28H40N4O5/c1-28(36,22-10-4-3-5-11-22)27(35)31-24(26(33)34)15-18-32(19-20-37-2)17-7-6-12-23-14-13-21-9-8-16-29-25(21)30-23/h3-5,10-11,13-14,24,36H,6-9,12,15-20H2,1-2H3,(H,29,30)(H,31,35)(H,33,34)/t24-,28+/m0/s1. The largest absolute Gasteiger partial charge is 0.480 e. The van der Waals surface area contributed by atoms with Crippen LogP contribution in [0, 0.1) is 0 Å². The van der Waals surface area contributed by atoms with Crippen molar-refractivity contribution < 1.29 is 24.5 Å². The number of methoxy groups -OCH3 is 1. The topological polar surface area (TPSA) is 124 Å². The number of amides is 1. The number of benzene rings is 1. The van der Waals surface area contributed by atoms with Gasteiger partial charge in [0.15, 0.2) is 5.60 Å². The van der Waals surface area contributed by atoms with Crippen molar-refractivity contribution in [3.05, 3.63) is 59.3 Å². The van der Waals surface area contributed by atoms with Gasteiger partial charge in [-0.25, -0.2) is 9.78 Å². The third kappa shape index (κ3) is 8.52. The van der Waals surface area contributed by atoms with Gasteiger partial charge in [-0.05, 0) is 69.2 Å². The molecule has 1 aliphatic heterocycles. The number of ether oxygens (including phenoxy) is 1. The molecular formula is C28H40N4O5. The number of carbonyl (C=O) groups excluding carboxylic acids is 1. The Hall–Kier alpha value is -3.01. The number of hydrogen-bond acceptors (Lipinski definition) is 7. The smallest absolute Gasteiger partial charge is 0.326 e. The Morgan fingerprint density at radius 1 is 1.16 bits per heavy atom. The molecule has 1 aromatic heterocycles. The maximum atomic E-state index is 12.8. The SMILES string of the molecule is COCCN(CCCCc1ccc2c(n1)NCCC2)CC[C@H](NC(=O)[C@](C)(O)c1ccccc1)C(=O)O. The number of carbonyl (C=O) groups is 2. The summed E-state index contributed by atoms with van der Waals surface area (Å²) in [6.07, 6.45) is 5.22. The Morgan fingerprint density at radius 3 is 2.68 bits per heavy atom. The van der Waals surface area contributed by atoms with Crippen LogP contribution in [0.2, 0.25) is 0 Å². The second-order valence-electron chi connectivity index (χ2n) is 9.72. The maximum absolute atomic E-state index is 12.8. The number of carboxylic acid groups (broad SMARTS) is 1. The number of carboxylic acids is 1. The lowest BCUT2D eigenvalue weighted by molar-refractivity contribution is -0.147. The Morgan fingerprint density at radius 2 is 1.95 bits per heavy atom. The molecule has 0 spiro atoms. The molecule has 9 heteroatoms. The van der Waals surface area contributed by atoms with E-state index in [4.69, 9.17) is 9.72 Å². The maximum Gasteiger partial charge on any atom is 0.326 e. The molecule has 0 saturated heterocycles. The molecule has 0 radical (unpaired) electrons. The summed E-state index contributed by atoms with van der Waals surface area (Å²) >= 11 is 0. The summed E-state index contributed by atoms with van der Waals surface area (Å²) in [5.41, 5.74) is 0.939. The highest BCUT2D eigenvalue weighted by atomic mass is 16.5. The number of aromatic nitrogens is 1. The molecule has 0 unspecified atom stereocenters. The number of rotatable bonds is 15. The quantitative estimate of drug-likeness (QED) is 0.269. The molecule has 9 nitrogen and oxygen atoms in total. The van der Waals surface area contributed by atoms with Gasteiger partial charge in [-0.3, -0.25) is 4.79 Å². The molecule has 0 bridgehead atoms. The Kier molecular flexibility index (Phi) is 10.9. The van der Waals surface area contributed by atoms with Crippen LogP contribution in [0.25, 0.3) is 0 Å². The number of aliphatic carboxylic acids is 1. The molecule has 202 valence electrons. The van der Waals surface area contributed by atoms with Gasteiger partial charge < -0.3 is 30.5 Å². The second-order valence-corrected chi connectivity index (χ2v) is 9.72. The number of aliphatic hydroxyl groups is 1. The van der Waals surface area contributed by atoms with E-state index in [9.17, 15) is 19.8 Å². The van der Waals surface area contributed by atoms with Crippen molar-refractivity contribution in [2.24, 2.45) is 0 Å². The number of unbranched alkanes of at least 4 members (excludes halogenated alkanes) is 1. The number of hydrogen-bond donors (Lipinski definition) is 4. The lowest BCUT2D eigenvalue weighted by Crippen LogP contribution is -2.50. The second kappa shape index (κ2) is 14.1. The lowest BCUT2D eigenvalue weighted by Gasteiger charge is -2.27. The first-order valence-corrected chi connectivity index (χ1v) is 13.1. The third-order valence-electron chi connectivity index (χ3n) is 6.84. The van der Waals surface area contributed by atoms with Gasteiger partial charge in [-0.1, -0.05) is 36.4 Å². The lowest BCUT2D eigenvalue weighted by atomic mass is 9.94. The average molecular weight is 513 g/mol. The average Bonchev–Trinajstić information content (AvgIpc) is 2.91. The van der Waals surface area contributed by atoms with Crippen LogP contribution in [0.4, 0.5) is 5.82 Å². The summed E-state index contributed by atoms with van der Waals surface area (Å²) in [7, 11) is 1.64. The molecule has 1 aromatic carbocycles. The van der Waals surface area contributed by atoms with Crippen LogP contribution >= 0.6 is 0 Å². The van der Waals surface area contributed by atoms with Crippen molar-refractivity contribution in [2.45, 2.75) is 57.1 Å². The predicted octanol–water partition coefficient (Wildman–Crippen LogP) is 2.58. The normalized spacial score (nSPS) is 15.4. The van der Waals surface area contributed by atoms with E-state index in [2.05, 4.69) is 27.7 Å². The zero-order chi connectivity index (χ0) is 26.7. The molecule has 37 heavy (non-hydrogen) atoms. The van der Waals surface area contributed by atoms with E-state index < -0.39 is 23.5 Å². The minimum atomic E-state index is -1.83. The number of nitrogens with one attached hydrogen (secondary N) is 2. The fourth-order valence-electron chi connectivity index (χ4n) is 4.47. The molecule has 1 amide bonds. The summed E-state index contributed by atoms with van der Waals surface area (Å²) in [4.78, 5) is 31.6. The van der Waals surface area contributed by atoms with E-state index >= 15 is 0 Å². The first-order chi connectivity index (χ1) is 17.8. The zero-order valence-corrected chi connectivity index (χ0v) is 21.9. The summed E-state index contributed by atoms with van der Waals surface area (Å²) in [5, 5.41) is 26.4. The molecule has 4 N–H and O–H groups in total. The fourth-order valence-corrected chi connectivity index (χ4v) is 4.47. The molecule has 3 rings (SSSR count). The van der Waals surface area contributed by atoms with E-state index in [0.717, 1.165) is 56.7 Å². The van der Waals surface area contributed by atoms with Crippen LogP contribution in [-0.2, 0) is 32.8 Å². The molecular weight excluding hydrogens is 472 g/mol. The summed E-state index contributed by atoms with van der Waals surface area (Å²) in [5.74, 6) is -0.851. The fraction of sp³-hybridized carbons (Fsp3) is 0.536. The molecule has 0 saturated carbocycles. The first-order valence-electron chi connectivity index (χ1n) is 13.1. The third-order valence-corrected chi connectivity index (χ3v) is 6.84. The Balaban J connectivity index is 1.50. The minimum Gasteiger partial charge on any atom is -0.480 e. The van der Waals surface area contributed by atoms with Gasteiger partial charge in [0.2, 0.25) is 0 Å². The number of anilines is 1. The van der Waals surface area contributed by atoms with E-state index in [-0.39, 0.29) is 6.42 Å². The summed E-state index contributed by atoms with van der Waals surface area (Å²) in [6.45, 7) is 4.81. The van der Waals surface area contributed by atoms with Crippen LogP contribution in [0.5, 0.6) is 0 Å². The Bertz CT molecular complexity index is 1010. The molecule has 2 atom stereocenters. The van der Waals surface area contributed by atoms with Gasteiger partial charge in [0.25, 0.3) is 5.91 Å². The van der Waals surface area contributed by atoms with Gasteiger partial charge in [0, 0.05) is 32.4 Å². The van der Waals surface area contributed by atoms with E-state index in [1.165, 1.54) is 12.5 Å². The van der Waals surface area contributed by atoms with Crippen molar-refractivity contribution >= 4 is 17.7 Å². The summed E-state index contributed by atoms with van der Waals surface area (Å²) < 4.78 is 5.24. The monoisotopic (exact) mass is 512 g/mol. The van der Waals surface area contributed by atoms with Crippen LogP contribution in [0.3, 0.4) is 0 Å². The molecule has 1 aliphatic rings. The number of nitrogens with zero attached hydrogens (tertiary/aromatic N) is 2. The van der Waals surface area contributed by atoms with Gasteiger partial charge in [-0.2, -0.15) is 0 Å². The van der Waals surface area contributed by atoms with Crippen LogP contribution in [-0.4, -0.2) is 77.9 Å². The molecule has 2 aromatic rings. The van der Waals surface area contributed by atoms with Gasteiger partial charge >= 0.3 is 5.97 Å². The zero-order valence-electron chi connectivity index (χ0n) is 21.9. The van der Waals surface area contributed by atoms with Crippen molar-refractivity contribution in [2.75, 3.05) is 45.2 Å². The van der Waals surface area contributed by atoms with Gasteiger partial charge in [0.1, 0.15) is 11.9 Å². The van der Waals surface area contributed by atoms with Crippen LogP contribution < -0.4 is 10.6 Å². The molecule has 0 aliphatic carbocycles. The predicted molar refractivity (Wildman–Crippen MR) is 142 cm³/mol. The van der Waals surface area contributed by atoms with Crippen LogP contribution in [0.1, 0.15) is 49.4 Å². The number of pyridine rings is 1. The highest BCUT2D eigenvalue weighted by Gasteiger charge is 2.35. The number of aryl methyl sites for hydroxylation is 2. The minimum absolute atomic E-state index is 0.216. The summed E-state index contributed by atoms with van der Waals surface area (Å²) in [6, 6.07) is 11.7. The van der Waals surface area contributed by atoms with E-state index in [0.29, 0.717) is 25.3 Å². The van der Waals surface area contributed by atoms with Gasteiger partial charge in [-0.15, -0.1) is 0 Å². The van der Waals surface area contributed by atoms with E-state index in [1.54, 1.807) is 37.4 Å². The highest BCUT2D eigenvalue weighted by molar-refractivity contribution is 5.89. The Labute approximate surface area is 219 Å². The molecule has 2 heterocycles. The first kappa shape index (κ1) is 28.6. The van der Waals surface area contributed by atoms with Crippen molar-refractivity contribution in [1.29, 1.82) is 0 Å². The van der Waals surface area contributed by atoms with E-state index in [1.807, 2.05) is 0 Å². The highest BCUT2D eigenvalue weighted by Crippen LogP contribution is 2.21.